The van der Waals surface area contributed by atoms with Crippen molar-refractivity contribution in [2.75, 3.05) is 0 Å². The molecule has 1 aromatic carbocycles. The Morgan fingerprint density at radius 3 is 1.55 bits per heavy atom. The van der Waals surface area contributed by atoms with Gasteiger partial charge in [-0.25, -0.2) is 0 Å². The molecule has 0 aromatic heterocycles. The van der Waals surface area contributed by atoms with Crippen molar-refractivity contribution in [2.45, 2.75) is 52.4 Å². The van der Waals surface area contributed by atoms with E-state index >= 15 is 0 Å². The van der Waals surface area contributed by atoms with E-state index in [-0.39, 0.29) is 37.7 Å². The minimum Gasteiger partial charge on any atom is -0.373 e. The van der Waals surface area contributed by atoms with Gasteiger partial charge in [0.15, 0.2) is 0 Å². The number of benzene rings is 1. The van der Waals surface area contributed by atoms with Crippen LogP contribution in [0.3, 0.4) is 0 Å². The Labute approximate surface area is 148 Å². The van der Waals surface area contributed by atoms with Crippen LogP contribution in [0.15, 0.2) is 35.4 Å². The first kappa shape index (κ1) is 19.9. The molecule has 2 heteroatoms. The van der Waals surface area contributed by atoms with Crippen molar-refractivity contribution in [3.63, 3.8) is 0 Å². The quantitative estimate of drug-likeness (QED) is 0.469. The van der Waals surface area contributed by atoms with Crippen molar-refractivity contribution in [1.29, 1.82) is 0 Å². The van der Waals surface area contributed by atoms with E-state index < -0.39 is 0 Å². The standard InChI is InChI=1S/C18H22.2Li/c1-3-5-9-15-13-17-11-7-8-12-18(17)14-16(15)10-6-4-2;;/h7-8,11-12H,3-6,13-14H2,1-2H3;;/q-2;2*+1. The number of allylic oxidation sites excluding steroid dienone is 4. The zero-order valence-corrected chi connectivity index (χ0v) is 13.6. The third kappa shape index (κ3) is 5.35. The van der Waals surface area contributed by atoms with E-state index in [1.807, 2.05) is 0 Å². The monoisotopic (exact) mass is 252 g/mol. The molecule has 1 aliphatic rings. The normalized spacial score (nSPS) is 17.3. The average Bonchev–Trinajstić information content (AvgIpc) is 2.42. The van der Waals surface area contributed by atoms with Gasteiger partial charge in [0, 0.05) is 0 Å². The molecule has 1 aromatic rings. The third-order valence-electron chi connectivity index (χ3n) is 3.39. The number of unbranched alkanes of at least 4 members (excludes halogenated alkanes) is 2. The first-order valence-electron chi connectivity index (χ1n) is 7.11. The Bertz CT molecular complexity index is 415. The predicted octanol–water partition coefficient (Wildman–Crippen LogP) is -1.15. The molecule has 0 saturated carbocycles. The van der Waals surface area contributed by atoms with Crippen LogP contribution in [0.5, 0.6) is 0 Å². The number of rotatable bonds is 4. The molecule has 0 N–H and O–H groups in total. The van der Waals surface area contributed by atoms with Crippen molar-refractivity contribution in [3.05, 3.63) is 58.7 Å². The molecule has 0 amide bonds. The molecule has 0 aliphatic heterocycles. The molecule has 0 saturated heterocycles. The molecular weight excluding hydrogens is 230 g/mol. The summed E-state index contributed by atoms with van der Waals surface area (Å²) in [5.41, 5.74) is 5.73. The Morgan fingerprint density at radius 2 is 1.20 bits per heavy atom. The van der Waals surface area contributed by atoms with E-state index in [4.69, 9.17) is 0 Å². The van der Waals surface area contributed by atoms with Gasteiger partial charge >= 0.3 is 37.7 Å². The van der Waals surface area contributed by atoms with Gasteiger partial charge < -0.3 is 23.3 Å². The van der Waals surface area contributed by atoms with Crippen molar-refractivity contribution in [1.82, 2.24) is 0 Å². The van der Waals surface area contributed by atoms with Gasteiger partial charge in [0.2, 0.25) is 0 Å². The SMILES string of the molecule is CCC[C-]=C1Cc2ccccc2CC1=[C-]CCC.[Li+].[Li+]. The molecule has 1 aliphatic carbocycles. The molecule has 0 heterocycles. The van der Waals surface area contributed by atoms with Gasteiger partial charge in [0.25, 0.3) is 0 Å². The average molecular weight is 252 g/mol. The van der Waals surface area contributed by atoms with Gasteiger partial charge in [-0.15, -0.1) is 25.7 Å². The van der Waals surface area contributed by atoms with Crippen molar-refractivity contribution >= 4 is 0 Å². The third-order valence-corrected chi connectivity index (χ3v) is 3.39. The van der Waals surface area contributed by atoms with Crippen LogP contribution in [0.25, 0.3) is 0 Å². The van der Waals surface area contributed by atoms with Gasteiger partial charge in [-0.05, 0) is 0 Å². The zero-order chi connectivity index (χ0) is 12.8. The molecule has 2 rings (SSSR count). The second-order valence-electron chi connectivity index (χ2n) is 4.93. The van der Waals surface area contributed by atoms with Crippen LogP contribution in [0.1, 0.15) is 50.7 Å². The van der Waals surface area contributed by atoms with E-state index in [9.17, 15) is 0 Å². The van der Waals surface area contributed by atoms with Crippen molar-refractivity contribution < 1.29 is 37.7 Å². The summed E-state index contributed by atoms with van der Waals surface area (Å²) in [7, 11) is 0. The molecule has 0 unspecified atom stereocenters. The van der Waals surface area contributed by atoms with Crippen LogP contribution >= 0.6 is 0 Å². The second-order valence-corrected chi connectivity index (χ2v) is 4.93. The molecule has 0 bridgehead atoms. The summed E-state index contributed by atoms with van der Waals surface area (Å²) < 4.78 is 0. The fourth-order valence-electron chi connectivity index (χ4n) is 2.39. The van der Waals surface area contributed by atoms with Gasteiger partial charge in [0.05, 0.1) is 0 Å². The smallest absolute Gasteiger partial charge is 0.373 e. The van der Waals surface area contributed by atoms with E-state index in [1.165, 1.54) is 35.1 Å². The summed E-state index contributed by atoms with van der Waals surface area (Å²) in [5.74, 6) is 0. The van der Waals surface area contributed by atoms with E-state index in [0.717, 1.165) is 25.7 Å². The maximum Gasteiger partial charge on any atom is 1.00 e. The van der Waals surface area contributed by atoms with E-state index in [2.05, 4.69) is 50.3 Å². The predicted molar refractivity (Wildman–Crippen MR) is 77.2 cm³/mol. The van der Waals surface area contributed by atoms with Crippen LogP contribution < -0.4 is 37.7 Å². The summed E-state index contributed by atoms with van der Waals surface area (Å²) in [6, 6.07) is 8.78. The summed E-state index contributed by atoms with van der Waals surface area (Å²) in [6.07, 6.45) is 13.7. The van der Waals surface area contributed by atoms with Crippen molar-refractivity contribution in [2.24, 2.45) is 0 Å². The largest absolute Gasteiger partial charge is 1.00 e. The van der Waals surface area contributed by atoms with Gasteiger partial charge in [-0.1, -0.05) is 62.1 Å². The fourth-order valence-corrected chi connectivity index (χ4v) is 2.39. The number of hydrogen-bond acceptors (Lipinski definition) is 0. The topological polar surface area (TPSA) is 0 Å². The maximum atomic E-state index is 3.59. The molecule has 20 heavy (non-hydrogen) atoms. The molecule has 96 valence electrons. The molecular formula is C18H22Li2. The fraction of sp³-hybridized carbons (Fsp3) is 0.444. The van der Waals surface area contributed by atoms with Gasteiger partial charge in [-0.2, -0.15) is 0 Å². The molecule has 0 atom stereocenters. The summed E-state index contributed by atoms with van der Waals surface area (Å²) in [4.78, 5) is 0. The summed E-state index contributed by atoms with van der Waals surface area (Å²) >= 11 is 0. The van der Waals surface area contributed by atoms with Crippen LogP contribution in [0.2, 0.25) is 0 Å². The Hall–Kier alpha value is -0.105. The minimum absolute atomic E-state index is 0. The minimum atomic E-state index is 0. The molecule has 0 radical (unpaired) electrons. The zero-order valence-electron chi connectivity index (χ0n) is 13.6. The van der Waals surface area contributed by atoms with Crippen LogP contribution in [0.4, 0.5) is 0 Å². The summed E-state index contributed by atoms with van der Waals surface area (Å²) in [6.45, 7) is 4.42. The maximum absolute atomic E-state index is 3.59. The number of fused-ring (bicyclic) bond motifs is 1. The van der Waals surface area contributed by atoms with E-state index in [0.29, 0.717) is 0 Å². The first-order chi connectivity index (χ1) is 8.85. The molecule has 0 spiro atoms. The Kier molecular flexibility index (Phi) is 10.5. The molecule has 0 fully saturated rings. The number of hydrogen-bond donors (Lipinski definition) is 0. The van der Waals surface area contributed by atoms with Gasteiger partial charge in [0.1, 0.15) is 0 Å². The second kappa shape index (κ2) is 10.6. The first-order valence-corrected chi connectivity index (χ1v) is 7.11. The molecule has 0 nitrogen and oxygen atoms in total. The van der Waals surface area contributed by atoms with Crippen LogP contribution in [-0.2, 0) is 12.8 Å². The van der Waals surface area contributed by atoms with Crippen molar-refractivity contribution in [3.8, 4) is 0 Å². The van der Waals surface area contributed by atoms with Crippen LogP contribution in [0, 0.1) is 12.2 Å². The van der Waals surface area contributed by atoms with Crippen LogP contribution in [-0.4, -0.2) is 0 Å². The van der Waals surface area contributed by atoms with Gasteiger partial charge in [-0.3, -0.25) is 0 Å². The Balaban J connectivity index is 0.00000180. The van der Waals surface area contributed by atoms with E-state index in [1.54, 1.807) is 0 Å². The Morgan fingerprint density at radius 1 is 0.800 bits per heavy atom. The summed E-state index contributed by atoms with van der Waals surface area (Å²) in [5, 5.41) is 0.